The van der Waals surface area contributed by atoms with Crippen LogP contribution in [0.4, 0.5) is 0 Å². The molecule has 6 heteroatoms. The Morgan fingerprint density at radius 1 is 1.38 bits per heavy atom. The second kappa shape index (κ2) is 8.00. The molecule has 0 saturated heterocycles. The largest absolute Gasteiger partial charge is 0.395 e. The molecule has 16 heavy (non-hydrogen) atoms. The summed E-state index contributed by atoms with van der Waals surface area (Å²) in [5, 5.41) is 11.9. The molecule has 0 unspecified atom stereocenters. The van der Waals surface area contributed by atoms with Gasteiger partial charge in [-0.25, -0.2) is 8.42 Å². The fourth-order valence-electron chi connectivity index (χ4n) is 1.38. The highest BCUT2D eigenvalue weighted by Crippen LogP contribution is 2.02. The van der Waals surface area contributed by atoms with Gasteiger partial charge >= 0.3 is 0 Å². The van der Waals surface area contributed by atoms with Crippen molar-refractivity contribution in [3.05, 3.63) is 0 Å². The maximum Gasteiger partial charge on any atom is 0.214 e. The van der Waals surface area contributed by atoms with Crippen LogP contribution >= 0.6 is 0 Å². The van der Waals surface area contributed by atoms with E-state index >= 15 is 0 Å². The molecule has 5 nitrogen and oxygen atoms in total. The van der Waals surface area contributed by atoms with Gasteiger partial charge in [-0.1, -0.05) is 20.8 Å². The molecule has 98 valence electrons. The third-order valence-electron chi connectivity index (χ3n) is 2.23. The maximum atomic E-state index is 11.8. The molecule has 0 aliphatic heterocycles. The summed E-state index contributed by atoms with van der Waals surface area (Å²) in [6.07, 6.45) is 0.600. The van der Waals surface area contributed by atoms with Gasteiger partial charge in [-0.05, 0) is 13.0 Å². The van der Waals surface area contributed by atoms with Crippen molar-refractivity contribution in [2.45, 2.75) is 33.2 Å². The molecule has 0 bridgehead atoms. The Morgan fingerprint density at radius 2 is 2.00 bits per heavy atom. The van der Waals surface area contributed by atoms with Crippen molar-refractivity contribution in [3.63, 3.8) is 0 Å². The Balaban J connectivity index is 4.02. The first-order chi connectivity index (χ1) is 7.44. The normalized spacial score (nSPS) is 12.6. The molecule has 0 amide bonds. The van der Waals surface area contributed by atoms with Gasteiger partial charge in [-0.15, -0.1) is 0 Å². The van der Waals surface area contributed by atoms with Crippen LogP contribution in [0.25, 0.3) is 0 Å². The van der Waals surface area contributed by atoms with Gasteiger partial charge < -0.3 is 10.4 Å². The van der Waals surface area contributed by atoms with Crippen molar-refractivity contribution in [1.29, 1.82) is 0 Å². The quantitative estimate of drug-likeness (QED) is 0.568. The average molecular weight is 252 g/mol. The number of nitrogens with one attached hydrogen (secondary N) is 1. The molecule has 0 aliphatic carbocycles. The molecule has 0 saturated carbocycles. The van der Waals surface area contributed by atoms with Crippen LogP contribution in [0.15, 0.2) is 0 Å². The molecule has 0 atom stereocenters. The molecule has 0 aromatic heterocycles. The molecule has 0 spiro atoms. The zero-order chi connectivity index (χ0) is 12.6. The molecule has 0 fully saturated rings. The highest BCUT2D eigenvalue weighted by atomic mass is 32.2. The van der Waals surface area contributed by atoms with Crippen LogP contribution in [-0.4, -0.2) is 55.9 Å². The summed E-state index contributed by atoms with van der Waals surface area (Å²) in [5.41, 5.74) is 0. The third kappa shape index (κ3) is 6.42. The minimum atomic E-state index is -3.20. The third-order valence-corrected chi connectivity index (χ3v) is 4.26. The highest BCUT2D eigenvalue weighted by Gasteiger charge is 2.18. The number of aliphatic hydroxyl groups is 1. The monoisotopic (exact) mass is 252 g/mol. The van der Waals surface area contributed by atoms with Gasteiger partial charge in [0.15, 0.2) is 0 Å². The predicted octanol–water partition coefficient (Wildman–Crippen LogP) is 0.0185. The number of aliphatic hydroxyl groups excluding tert-OH is 1. The van der Waals surface area contributed by atoms with Crippen LogP contribution in [-0.2, 0) is 10.0 Å². The van der Waals surface area contributed by atoms with Crippen LogP contribution in [0.3, 0.4) is 0 Å². The lowest BCUT2D eigenvalue weighted by Gasteiger charge is -2.19. The van der Waals surface area contributed by atoms with E-state index in [2.05, 4.69) is 5.32 Å². The van der Waals surface area contributed by atoms with Gasteiger partial charge in [0.05, 0.1) is 12.4 Å². The molecule has 0 aromatic carbocycles. The van der Waals surface area contributed by atoms with E-state index in [1.165, 1.54) is 4.31 Å². The zero-order valence-corrected chi connectivity index (χ0v) is 11.3. The molecule has 0 aliphatic rings. The minimum Gasteiger partial charge on any atom is -0.395 e. The van der Waals surface area contributed by atoms with Crippen molar-refractivity contribution < 1.29 is 13.5 Å². The van der Waals surface area contributed by atoms with Crippen molar-refractivity contribution in [3.8, 4) is 0 Å². The van der Waals surface area contributed by atoms with Gasteiger partial charge in [0, 0.05) is 19.1 Å². The first kappa shape index (κ1) is 15.8. The van der Waals surface area contributed by atoms with Crippen LogP contribution in [0.2, 0.25) is 0 Å². The Morgan fingerprint density at radius 3 is 2.44 bits per heavy atom. The van der Waals surface area contributed by atoms with Crippen LogP contribution < -0.4 is 5.32 Å². The first-order valence-corrected chi connectivity index (χ1v) is 7.37. The second-order valence-corrected chi connectivity index (χ2v) is 6.08. The molecule has 0 radical (unpaired) electrons. The van der Waals surface area contributed by atoms with E-state index in [0.29, 0.717) is 25.6 Å². The topological polar surface area (TPSA) is 69.6 Å². The SMILES string of the molecule is CCN(CCO)S(=O)(=O)CCCNC(C)C. The van der Waals surface area contributed by atoms with Gasteiger partial charge in [0.25, 0.3) is 0 Å². The maximum absolute atomic E-state index is 11.8. The highest BCUT2D eigenvalue weighted by molar-refractivity contribution is 7.89. The summed E-state index contributed by atoms with van der Waals surface area (Å²) in [5.74, 6) is 0.139. The smallest absolute Gasteiger partial charge is 0.214 e. The number of nitrogens with zero attached hydrogens (tertiary/aromatic N) is 1. The molecule has 0 heterocycles. The number of sulfonamides is 1. The second-order valence-electron chi connectivity index (χ2n) is 3.99. The van der Waals surface area contributed by atoms with E-state index in [1.54, 1.807) is 6.92 Å². The van der Waals surface area contributed by atoms with Crippen LogP contribution in [0.1, 0.15) is 27.2 Å². The van der Waals surface area contributed by atoms with E-state index in [1.807, 2.05) is 13.8 Å². The van der Waals surface area contributed by atoms with E-state index < -0.39 is 10.0 Å². The molecule has 2 N–H and O–H groups in total. The van der Waals surface area contributed by atoms with Crippen LogP contribution in [0, 0.1) is 0 Å². The lowest BCUT2D eigenvalue weighted by Crippen LogP contribution is -2.36. The standard InChI is InChI=1S/C10H24N2O3S/c1-4-12(7-8-13)16(14,15)9-5-6-11-10(2)3/h10-11,13H,4-9H2,1-3H3. The predicted molar refractivity (Wildman–Crippen MR) is 65.9 cm³/mol. The summed E-state index contributed by atoms with van der Waals surface area (Å²) in [7, 11) is -3.20. The fourth-order valence-corrected chi connectivity index (χ4v) is 2.90. The Hall–Kier alpha value is -0.170. The Labute approximate surface area is 98.9 Å². The fraction of sp³-hybridized carbons (Fsp3) is 1.00. The Bertz CT molecular complexity index is 265. The molecule has 0 aromatic rings. The van der Waals surface area contributed by atoms with Crippen molar-refractivity contribution in [2.24, 2.45) is 0 Å². The lowest BCUT2D eigenvalue weighted by atomic mass is 10.4. The molecule has 0 rings (SSSR count). The van der Waals surface area contributed by atoms with Crippen LogP contribution in [0.5, 0.6) is 0 Å². The van der Waals surface area contributed by atoms with Crippen molar-refractivity contribution in [1.82, 2.24) is 9.62 Å². The summed E-state index contributed by atoms with van der Waals surface area (Å²) in [4.78, 5) is 0. The molecular formula is C10H24N2O3S. The van der Waals surface area contributed by atoms with Gasteiger partial charge in [-0.3, -0.25) is 0 Å². The van der Waals surface area contributed by atoms with E-state index in [0.717, 1.165) is 0 Å². The first-order valence-electron chi connectivity index (χ1n) is 5.76. The van der Waals surface area contributed by atoms with E-state index in [9.17, 15) is 8.42 Å². The number of hydrogen-bond acceptors (Lipinski definition) is 4. The zero-order valence-electron chi connectivity index (χ0n) is 10.4. The average Bonchev–Trinajstić information content (AvgIpc) is 2.20. The van der Waals surface area contributed by atoms with Gasteiger partial charge in [-0.2, -0.15) is 4.31 Å². The van der Waals surface area contributed by atoms with E-state index in [-0.39, 0.29) is 18.9 Å². The van der Waals surface area contributed by atoms with Gasteiger partial charge in [0.2, 0.25) is 10.0 Å². The summed E-state index contributed by atoms with van der Waals surface area (Å²) in [6.45, 7) is 7.01. The summed E-state index contributed by atoms with van der Waals surface area (Å²) >= 11 is 0. The number of hydrogen-bond donors (Lipinski definition) is 2. The van der Waals surface area contributed by atoms with E-state index in [4.69, 9.17) is 5.11 Å². The Kier molecular flexibility index (Phi) is 7.91. The lowest BCUT2D eigenvalue weighted by molar-refractivity contribution is 0.257. The molecular weight excluding hydrogens is 228 g/mol. The summed E-state index contributed by atoms with van der Waals surface area (Å²) < 4.78 is 24.9. The summed E-state index contributed by atoms with van der Waals surface area (Å²) in [6, 6.07) is 0.377. The van der Waals surface area contributed by atoms with Crippen molar-refractivity contribution >= 4 is 10.0 Å². The number of rotatable bonds is 9. The minimum absolute atomic E-state index is 0.128. The number of likely N-dealkylation sites (N-methyl/N-ethyl adjacent to an activating group) is 1. The van der Waals surface area contributed by atoms with Crippen molar-refractivity contribution in [2.75, 3.05) is 32.0 Å². The van der Waals surface area contributed by atoms with Gasteiger partial charge in [0.1, 0.15) is 0 Å².